The van der Waals surface area contributed by atoms with Gasteiger partial charge in [0.1, 0.15) is 13.2 Å². The Morgan fingerprint density at radius 2 is 0.500 bits per heavy atom. The molecule has 0 radical (unpaired) electrons. The maximum atomic E-state index is 12.9. The van der Waals surface area contributed by atoms with Crippen LogP contribution in [0.4, 0.5) is 0 Å². The minimum Gasteiger partial charge on any atom is -0.462 e. The Labute approximate surface area is 485 Å². The van der Waals surface area contributed by atoms with Gasteiger partial charge >= 0.3 is 17.9 Å². The maximum absolute atomic E-state index is 12.9. The normalized spacial score (nSPS) is 12.4. The molecule has 0 fully saturated rings. The van der Waals surface area contributed by atoms with Crippen LogP contribution in [0, 0.1) is 0 Å². The molecule has 0 saturated heterocycles. The molecule has 0 saturated carbocycles. The molecule has 0 aromatic rings. The Hall–Kier alpha value is -2.89. The maximum Gasteiger partial charge on any atom is 0.306 e. The molecule has 6 nitrogen and oxygen atoms in total. The number of allylic oxidation sites excluding steroid dienone is 10. The van der Waals surface area contributed by atoms with Gasteiger partial charge in [-0.25, -0.2) is 0 Å². The topological polar surface area (TPSA) is 78.9 Å². The van der Waals surface area contributed by atoms with Gasteiger partial charge in [-0.15, -0.1) is 0 Å². The summed E-state index contributed by atoms with van der Waals surface area (Å²) in [5.74, 6) is -0.861. The number of hydrogen-bond donors (Lipinski definition) is 0. The molecule has 0 aliphatic carbocycles. The van der Waals surface area contributed by atoms with E-state index in [9.17, 15) is 14.4 Å². The highest BCUT2D eigenvalue weighted by atomic mass is 16.6. The Kier molecular flexibility index (Phi) is 64.2. The predicted molar refractivity (Wildman–Crippen MR) is 339 cm³/mol. The lowest BCUT2D eigenvalue weighted by Gasteiger charge is -2.18. The van der Waals surface area contributed by atoms with Crippen molar-refractivity contribution in [2.45, 2.75) is 367 Å². The van der Waals surface area contributed by atoms with Gasteiger partial charge in [0.15, 0.2) is 6.10 Å². The molecule has 0 bridgehead atoms. The molecule has 1 unspecified atom stereocenters. The average molecular weight is 1090 g/mol. The first-order valence-corrected chi connectivity index (χ1v) is 34.3. The van der Waals surface area contributed by atoms with Crippen molar-refractivity contribution < 1.29 is 28.6 Å². The van der Waals surface area contributed by atoms with E-state index < -0.39 is 6.10 Å². The van der Waals surface area contributed by atoms with Crippen LogP contribution in [0.1, 0.15) is 361 Å². The van der Waals surface area contributed by atoms with Gasteiger partial charge in [-0.1, -0.05) is 319 Å². The first-order valence-electron chi connectivity index (χ1n) is 34.3. The van der Waals surface area contributed by atoms with Crippen LogP contribution in [0.3, 0.4) is 0 Å². The van der Waals surface area contributed by atoms with E-state index in [1.54, 1.807) is 0 Å². The molecular weight excluding hydrogens is 961 g/mol. The van der Waals surface area contributed by atoms with Gasteiger partial charge < -0.3 is 14.2 Å². The first-order chi connectivity index (χ1) is 38.5. The Morgan fingerprint density at radius 3 is 0.808 bits per heavy atom. The van der Waals surface area contributed by atoms with E-state index in [1.165, 1.54) is 231 Å². The molecule has 0 spiro atoms. The van der Waals surface area contributed by atoms with Crippen molar-refractivity contribution in [3.8, 4) is 0 Å². The van der Waals surface area contributed by atoms with Crippen LogP contribution in [-0.2, 0) is 28.6 Å². The number of carbonyl (C=O) groups is 3. The van der Waals surface area contributed by atoms with Crippen LogP contribution in [0.15, 0.2) is 60.8 Å². The van der Waals surface area contributed by atoms with E-state index in [0.717, 1.165) is 89.9 Å². The lowest BCUT2D eigenvalue weighted by atomic mass is 10.0. The fourth-order valence-corrected chi connectivity index (χ4v) is 10.1. The van der Waals surface area contributed by atoms with E-state index >= 15 is 0 Å². The fourth-order valence-electron chi connectivity index (χ4n) is 10.1. The number of carbonyl (C=O) groups excluding carboxylic acids is 3. The summed E-state index contributed by atoms with van der Waals surface area (Å²) in [4.78, 5) is 38.4. The smallest absolute Gasteiger partial charge is 0.306 e. The fraction of sp³-hybridized carbons (Fsp3) is 0.819. The molecule has 0 heterocycles. The predicted octanol–water partition coefficient (Wildman–Crippen LogP) is 23.5. The van der Waals surface area contributed by atoms with Crippen molar-refractivity contribution in [1.82, 2.24) is 0 Å². The first kappa shape index (κ1) is 75.1. The van der Waals surface area contributed by atoms with Crippen molar-refractivity contribution in [1.29, 1.82) is 0 Å². The summed E-state index contributed by atoms with van der Waals surface area (Å²) in [7, 11) is 0. The number of esters is 3. The zero-order chi connectivity index (χ0) is 56.4. The molecule has 454 valence electrons. The molecule has 0 aromatic carbocycles. The van der Waals surface area contributed by atoms with Crippen LogP contribution in [-0.4, -0.2) is 37.2 Å². The third kappa shape index (κ3) is 63.9. The SMILES string of the molecule is CC/C=C\C/C=C\C/C=C\C/C=C\CCCCCCCCCCCCCCC(=O)OCC(COC(=O)CCCCCCC/C=C\CCCCCC)OC(=O)CCCCCCCCCCCCCCCCCCCCCCCC. The largest absolute Gasteiger partial charge is 0.462 e. The van der Waals surface area contributed by atoms with Gasteiger partial charge in [-0.3, -0.25) is 14.4 Å². The second kappa shape index (κ2) is 66.6. The van der Waals surface area contributed by atoms with E-state index in [1.807, 2.05) is 0 Å². The average Bonchev–Trinajstić information content (AvgIpc) is 3.44. The minimum atomic E-state index is -0.777. The molecule has 0 N–H and O–H groups in total. The Morgan fingerprint density at radius 1 is 0.269 bits per heavy atom. The summed E-state index contributed by atoms with van der Waals surface area (Å²) >= 11 is 0. The van der Waals surface area contributed by atoms with Gasteiger partial charge in [0.2, 0.25) is 0 Å². The molecule has 0 aliphatic rings. The second-order valence-electron chi connectivity index (χ2n) is 23.1. The zero-order valence-electron chi connectivity index (χ0n) is 52.2. The summed E-state index contributed by atoms with van der Waals surface area (Å²) in [6.07, 6.45) is 85.3. The highest BCUT2D eigenvalue weighted by Crippen LogP contribution is 2.18. The number of hydrogen-bond acceptors (Lipinski definition) is 6. The van der Waals surface area contributed by atoms with Gasteiger partial charge in [0.25, 0.3) is 0 Å². The van der Waals surface area contributed by atoms with E-state index in [0.29, 0.717) is 19.3 Å². The molecule has 0 amide bonds. The zero-order valence-corrected chi connectivity index (χ0v) is 52.2. The van der Waals surface area contributed by atoms with Crippen LogP contribution in [0.2, 0.25) is 0 Å². The van der Waals surface area contributed by atoms with Crippen molar-refractivity contribution in [2.24, 2.45) is 0 Å². The van der Waals surface area contributed by atoms with Gasteiger partial charge in [-0.2, -0.15) is 0 Å². The van der Waals surface area contributed by atoms with Crippen molar-refractivity contribution >= 4 is 17.9 Å². The van der Waals surface area contributed by atoms with E-state index in [4.69, 9.17) is 14.2 Å². The Bertz CT molecular complexity index is 1390. The van der Waals surface area contributed by atoms with Crippen LogP contribution < -0.4 is 0 Å². The van der Waals surface area contributed by atoms with Crippen LogP contribution in [0.25, 0.3) is 0 Å². The van der Waals surface area contributed by atoms with Crippen molar-refractivity contribution in [2.75, 3.05) is 13.2 Å². The molecule has 0 rings (SSSR count). The minimum absolute atomic E-state index is 0.0737. The highest BCUT2D eigenvalue weighted by Gasteiger charge is 2.19. The quantitative estimate of drug-likeness (QED) is 0.0261. The number of rotatable bonds is 63. The summed E-state index contributed by atoms with van der Waals surface area (Å²) < 4.78 is 17.0. The summed E-state index contributed by atoms with van der Waals surface area (Å²) in [5.41, 5.74) is 0. The molecule has 1 atom stereocenters. The van der Waals surface area contributed by atoms with Gasteiger partial charge in [0.05, 0.1) is 0 Å². The van der Waals surface area contributed by atoms with E-state index in [2.05, 4.69) is 81.5 Å². The lowest BCUT2D eigenvalue weighted by molar-refractivity contribution is -0.167. The Balaban J connectivity index is 4.26. The standard InChI is InChI=1S/C72H130O6/c1-4-7-10-13-16-19-22-25-27-29-31-33-35-36-37-39-40-42-44-47-50-53-56-59-62-65-71(74)77-68-69(67-76-70(73)64-61-58-55-52-49-46-24-21-18-15-12-9-6-3)78-72(75)66-63-60-57-54-51-48-45-43-41-38-34-32-30-28-26-23-20-17-14-11-8-5-2/h7,10,16,19,21,24-25,27,31,33,69H,4-6,8-9,11-15,17-18,20,22-23,26,28-30,32,34-68H2,1-3H3/b10-7-,19-16-,24-21-,27-25-,33-31-. The lowest BCUT2D eigenvalue weighted by Crippen LogP contribution is -2.30. The molecule has 0 aromatic heterocycles. The van der Waals surface area contributed by atoms with E-state index in [-0.39, 0.29) is 31.1 Å². The van der Waals surface area contributed by atoms with Crippen molar-refractivity contribution in [3.63, 3.8) is 0 Å². The summed E-state index contributed by atoms with van der Waals surface area (Å²) in [6, 6.07) is 0. The number of ether oxygens (including phenoxy) is 3. The number of unbranched alkanes of at least 4 members (excludes halogenated alkanes) is 42. The van der Waals surface area contributed by atoms with Crippen LogP contribution >= 0.6 is 0 Å². The third-order valence-electron chi connectivity index (χ3n) is 15.3. The monoisotopic (exact) mass is 1090 g/mol. The van der Waals surface area contributed by atoms with Gasteiger partial charge in [0, 0.05) is 19.3 Å². The summed E-state index contributed by atoms with van der Waals surface area (Å²) in [5, 5.41) is 0. The summed E-state index contributed by atoms with van der Waals surface area (Å²) in [6.45, 7) is 6.56. The second-order valence-corrected chi connectivity index (χ2v) is 23.1. The highest BCUT2D eigenvalue weighted by molar-refractivity contribution is 5.71. The van der Waals surface area contributed by atoms with Crippen LogP contribution in [0.5, 0.6) is 0 Å². The third-order valence-corrected chi connectivity index (χ3v) is 15.3. The molecule has 78 heavy (non-hydrogen) atoms. The van der Waals surface area contributed by atoms with Gasteiger partial charge in [-0.05, 0) is 83.5 Å². The molecule has 0 aliphatic heterocycles. The molecule has 6 heteroatoms. The van der Waals surface area contributed by atoms with Crippen molar-refractivity contribution in [3.05, 3.63) is 60.8 Å². The molecular formula is C72H130O6.